The summed E-state index contributed by atoms with van der Waals surface area (Å²) in [6.07, 6.45) is 0. The average molecular weight is 180 g/mol. The summed E-state index contributed by atoms with van der Waals surface area (Å²) in [6, 6.07) is 8.15. The van der Waals surface area contributed by atoms with Crippen LogP contribution in [0.3, 0.4) is 0 Å². The van der Waals surface area contributed by atoms with E-state index in [0.29, 0.717) is 6.61 Å². The van der Waals surface area contributed by atoms with Gasteiger partial charge in [0.2, 0.25) is 0 Å². The van der Waals surface area contributed by atoms with Crippen molar-refractivity contribution in [1.29, 1.82) is 0 Å². The van der Waals surface area contributed by atoms with Crippen molar-refractivity contribution in [2.24, 2.45) is 0 Å². The molecule has 1 aromatic carbocycles. The summed E-state index contributed by atoms with van der Waals surface area (Å²) in [6.45, 7) is 2.58. The van der Waals surface area contributed by atoms with E-state index in [9.17, 15) is 0 Å². The molecule has 0 bridgehead atoms. The van der Waals surface area contributed by atoms with Crippen LogP contribution in [0.2, 0.25) is 0 Å². The summed E-state index contributed by atoms with van der Waals surface area (Å²) < 4.78 is 4.95. The lowest BCUT2D eigenvalue weighted by atomic mass is 10.1. The lowest BCUT2D eigenvalue weighted by Crippen LogP contribution is -2.04. The van der Waals surface area contributed by atoms with E-state index >= 15 is 0 Å². The third kappa shape index (κ3) is 2.40. The monoisotopic (exact) mass is 180 g/mol. The van der Waals surface area contributed by atoms with Crippen molar-refractivity contribution in [2.75, 3.05) is 13.7 Å². The molecule has 0 aliphatic heterocycles. The standard InChI is InChI=1S/C10H12OS/c1-8-3-5-9(6-4-8)10(12)7-11-2/h3-6H,7H2,1-2H3. The fourth-order valence-corrected chi connectivity index (χ4v) is 1.21. The van der Waals surface area contributed by atoms with Gasteiger partial charge in [-0.25, -0.2) is 0 Å². The van der Waals surface area contributed by atoms with E-state index in [1.807, 2.05) is 12.1 Å². The predicted octanol–water partition coefficient (Wildman–Crippen LogP) is 2.36. The van der Waals surface area contributed by atoms with Gasteiger partial charge in [-0.15, -0.1) is 0 Å². The molecular formula is C10H12OS. The van der Waals surface area contributed by atoms with E-state index in [-0.39, 0.29) is 0 Å². The van der Waals surface area contributed by atoms with Crippen LogP contribution in [0.5, 0.6) is 0 Å². The number of thiocarbonyl (C=S) groups is 1. The minimum absolute atomic E-state index is 0.526. The second-order valence-electron chi connectivity index (χ2n) is 2.72. The Hall–Kier alpha value is -0.730. The van der Waals surface area contributed by atoms with Gasteiger partial charge < -0.3 is 4.74 Å². The van der Waals surface area contributed by atoms with E-state index in [1.165, 1.54) is 5.56 Å². The van der Waals surface area contributed by atoms with Crippen molar-refractivity contribution in [3.05, 3.63) is 35.4 Å². The molecule has 0 aliphatic carbocycles. The zero-order valence-electron chi connectivity index (χ0n) is 7.33. The van der Waals surface area contributed by atoms with Crippen LogP contribution in [0.25, 0.3) is 0 Å². The number of rotatable bonds is 3. The van der Waals surface area contributed by atoms with Crippen molar-refractivity contribution in [3.63, 3.8) is 0 Å². The number of aryl methyl sites for hydroxylation is 1. The number of hydrogen-bond acceptors (Lipinski definition) is 2. The van der Waals surface area contributed by atoms with Crippen LogP contribution in [-0.2, 0) is 4.74 Å². The number of ether oxygens (including phenoxy) is 1. The third-order valence-electron chi connectivity index (χ3n) is 1.65. The minimum Gasteiger partial charge on any atom is -0.379 e. The van der Waals surface area contributed by atoms with Crippen molar-refractivity contribution in [2.45, 2.75) is 6.92 Å². The zero-order chi connectivity index (χ0) is 8.97. The highest BCUT2D eigenvalue weighted by molar-refractivity contribution is 7.80. The Labute approximate surface area is 78.4 Å². The van der Waals surface area contributed by atoms with Crippen LogP contribution < -0.4 is 0 Å². The maximum Gasteiger partial charge on any atom is 0.0819 e. The molecule has 0 amide bonds. The Bertz CT molecular complexity index is 264. The van der Waals surface area contributed by atoms with Gasteiger partial charge in [0, 0.05) is 12.0 Å². The zero-order valence-corrected chi connectivity index (χ0v) is 8.15. The van der Waals surface area contributed by atoms with Crippen LogP contribution in [0.15, 0.2) is 24.3 Å². The second kappa shape index (κ2) is 4.33. The fourth-order valence-electron chi connectivity index (χ4n) is 0.954. The molecule has 0 radical (unpaired) electrons. The summed E-state index contributed by atoms with van der Waals surface area (Å²) in [5.41, 5.74) is 2.33. The topological polar surface area (TPSA) is 9.23 Å². The molecule has 1 nitrogen and oxygen atoms in total. The largest absolute Gasteiger partial charge is 0.379 e. The molecule has 2 heteroatoms. The molecule has 0 spiro atoms. The summed E-state index contributed by atoms with van der Waals surface area (Å²) in [5, 5.41) is 0. The van der Waals surface area contributed by atoms with Gasteiger partial charge >= 0.3 is 0 Å². The molecule has 0 heterocycles. The summed E-state index contributed by atoms with van der Waals surface area (Å²) >= 11 is 5.14. The van der Waals surface area contributed by atoms with Crippen molar-refractivity contribution in [1.82, 2.24) is 0 Å². The van der Waals surface area contributed by atoms with E-state index in [0.717, 1.165) is 10.4 Å². The molecule has 64 valence electrons. The van der Waals surface area contributed by atoms with E-state index < -0.39 is 0 Å². The van der Waals surface area contributed by atoms with Gasteiger partial charge in [0.1, 0.15) is 0 Å². The Morgan fingerprint density at radius 2 is 1.92 bits per heavy atom. The smallest absolute Gasteiger partial charge is 0.0819 e. The average Bonchev–Trinajstić information content (AvgIpc) is 2.06. The molecule has 0 unspecified atom stereocenters. The molecule has 0 aliphatic rings. The first kappa shape index (κ1) is 9.36. The third-order valence-corrected chi connectivity index (χ3v) is 2.00. The van der Waals surface area contributed by atoms with E-state index in [4.69, 9.17) is 17.0 Å². The molecule has 0 saturated carbocycles. The molecular weight excluding hydrogens is 168 g/mol. The van der Waals surface area contributed by atoms with Gasteiger partial charge in [-0.05, 0) is 12.5 Å². The molecule has 12 heavy (non-hydrogen) atoms. The Morgan fingerprint density at radius 1 is 1.33 bits per heavy atom. The van der Waals surface area contributed by atoms with Crippen LogP contribution in [-0.4, -0.2) is 18.6 Å². The van der Waals surface area contributed by atoms with Gasteiger partial charge in [-0.1, -0.05) is 42.0 Å². The van der Waals surface area contributed by atoms with Gasteiger partial charge in [0.25, 0.3) is 0 Å². The van der Waals surface area contributed by atoms with Gasteiger partial charge in [-0.3, -0.25) is 0 Å². The van der Waals surface area contributed by atoms with Gasteiger partial charge in [0.05, 0.1) is 6.61 Å². The molecule has 0 aromatic heterocycles. The van der Waals surface area contributed by atoms with Crippen molar-refractivity contribution < 1.29 is 4.74 Å². The highest BCUT2D eigenvalue weighted by Crippen LogP contribution is 2.04. The van der Waals surface area contributed by atoms with Gasteiger partial charge in [-0.2, -0.15) is 0 Å². The van der Waals surface area contributed by atoms with E-state index in [2.05, 4.69) is 19.1 Å². The van der Waals surface area contributed by atoms with E-state index in [1.54, 1.807) is 7.11 Å². The van der Waals surface area contributed by atoms with Crippen LogP contribution in [0.1, 0.15) is 11.1 Å². The predicted molar refractivity (Wildman–Crippen MR) is 54.8 cm³/mol. The Balaban J connectivity index is 2.75. The Kier molecular flexibility index (Phi) is 3.38. The summed E-state index contributed by atoms with van der Waals surface area (Å²) in [4.78, 5) is 0.859. The van der Waals surface area contributed by atoms with Crippen molar-refractivity contribution >= 4 is 17.1 Å². The number of benzene rings is 1. The molecule has 0 atom stereocenters. The molecule has 1 aromatic rings. The summed E-state index contributed by atoms with van der Waals surface area (Å²) in [5.74, 6) is 0. The molecule has 1 rings (SSSR count). The fraction of sp³-hybridized carbons (Fsp3) is 0.300. The quantitative estimate of drug-likeness (QED) is 0.521. The maximum absolute atomic E-state index is 5.14. The second-order valence-corrected chi connectivity index (χ2v) is 3.22. The van der Waals surface area contributed by atoms with Gasteiger partial charge in [0.15, 0.2) is 0 Å². The first-order valence-corrected chi connectivity index (χ1v) is 4.23. The first-order valence-electron chi connectivity index (χ1n) is 3.83. The number of methoxy groups -OCH3 is 1. The summed E-state index contributed by atoms with van der Waals surface area (Å²) in [7, 11) is 1.65. The maximum atomic E-state index is 5.14. The van der Waals surface area contributed by atoms with Crippen LogP contribution >= 0.6 is 12.2 Å². The lowest BCUT2D eigenvalue weighted by Gasteiger charge is -2.02. The highest BCUT2D eigenvalue weighted by Gasteiger charge is 1.98. The highest BCUT2D eigenvalue weighted by atomic mass is 32.1. The van der Waals surface area contributed by atoms with Crippen molar-refractivity contribution in [3.8, 4) is 0 Å². The first-order chi connectivity index (χ1) is 5.74. The Morgan fingerprint density at radius 3 is 2.42 bits per heavy atom. The lowest BCUT2D eigenvalue weighted by molar-refractivity contribution is 0.247. The molecule has 0 fully saturated rings. The number of hydrogen-bond donors (Lipinski definition) is 0. The van der Waals surface area contributed by atoms with Crippen LogP contribution in [0, 0.1) is 6.92 Å². The molecule has 0 saturated heterocycles. The SMILES string of the molecule is COCC(=S)c1ccc(C)cc1. The van der Waals surface area contributed by atoms with Crippen LogP contribution in [0.4, 0.5) is 0 Å². The minimum atomic E-state index is 0.526. The normalized spacial score (nSPS) is 9.83. The molecule has 0 N–H and O–H groups in total.